The highest BCUT2D eigenvalue weighted by Crippen LogP contribution is 2.41. The minimum Gasteiger partial charge on any atom is -0.756 e. The largest absolute Gasteiger partial charge is 0.756 e. The number of hydroxylamine groups is 2. The summed E-state index contributed by atoms with van der Waals surface area (Å²) in [5.74, 6) is -0.852. The number of likely N-dealkylation sites (N-methyl/N-ethyl adjacent to an activating group) is 1. The van der Waals surface area contributed by atoms with Crippen molar-refractivity contribution in [2.45, 2.75) is 257 Å². The second-order valence-corrected chi connectivity index (χ2v) is 21.3. The van der Waals surface area contributed by atoms with Gasteiger partial charge in [-0.3, -0.25) is 14.2 Å². The third-order valence-electron chi connectivity index (χ3n) is 12.6. The highest BCUT2D eigenvalue weighted by Gasteiger charge is 2.50. The number of quaternary nitrogens is 1. The Morgan fingerprint density at radius 1 is 0.633 bits per heavy atom. The number of hydrogen-bond donors (Lipinski definition) is 1. The number of nitrogens with zero attached hydrogens (tertiary/aromatic N) is 2. The van der Waals surface area contributed by atoms with Gasteiger partial charge in [0.1, 0.15) is 19.8 Å². The average Bonchev–Trinajstić information content (AvgIpc) is 3.18. The first-order valence-electron chi connectivity index (χ1n) is 24.7. The average molecular weight is 875 g/mol. The van der Waals surface area contributed by atoms with E-state index in [1.807, 2.05) is 41.8 Å². The van der Waals surface area contributed by atoms with E-state index in [1.54, 1.807) is 0 Å². The number of hydrogen-bond acceptors (Lipinski definition) is 10. The molecule has 2 atom stereocenters. The maximum Gasteiger partial charge on any atom is 0.306 e. The zero-order valence-electron chi connectivity index (χ0n) is 40.3. The molecule has 0 spiro atoms. The number of ether oxygens (including phenoxy) is 2. The molecule has 1 saturated heterocycles. The third kappa shape index (κ3) is 27.9. The van der Waals surface area contributed by atoms with Crippen LogP contribution >= 0.6 is 7.82 Å². The Morgan fingerprint density at radius 2 is 1.00 bits per heavy atom. The number of carbonyl (C=O) groups excluding carboxylic acids is 2. The molecule has 356 valence electrons. The number of esters is 2. The SMILES string of the molecule is CCCCCCCCCCCCCCCC(=O)OC[C@H](COP(=O)([O-])OCC[N+](C)(C)C1CC(C)(C)N(O)C(C)(C)C1)OC(=O)CCCCCCCCCCCCCCC. The summed E-state index contributed by atoms with van der Waals surface area (Å²) in [6.45, 7) is 12.1. The van der Waals surface area contributed by atoms with Gasteiger partial charge in [-0.1, -0.05) is 168 Å². The maximum absolute atomic E-state index is 12.9. The lowest BCUT2D eigenvalue weighted by molar-refractivity contribution is -0.918. The van der Waals surface area contributed by atoms with E-state index in [0.717, 1.165) is 51.4 Å². The van der Waals surface area contributed by atoms with Crippen LogP contribution in [0, 0.1) is 0 Å². The van der Waals surface area contributed by atoms with Crippen molar-refractivity contribution in [3.05, 3.63) is 0 Å². The summed E-state index contributed by atoms with van der Waals surface area (Å²) in [6, 6.07) is 0.169. The van der Waals surface area contributed by atoms with Gasteiger partial charge in [-0.05, 0) is 40.5 Å². The molecule has 0 aromatic rings. The molecule has 1 rings (SSSR count). The van der Waals surface area contributed by atoms with Crippen molar-refractivity contribution >= 4 is 19.8 Å². The Labute approximate surface area is 368 Å². The summed E-state index contributed by atoms with van der Waals surface area (Å²) >= 11 is 0. The first kappa shape index (κ1) is 56.9. The summed E-state index contributed by atoms with van der Waals surface area (Å²) in [4.78, 5) is 38.4. The summed E-state index contributed by atoms with van der Waals surface area (Å²) in [5.41, 5.74) is -0.872. The van der Waals surface area contributed by atoms with Gasteiger partial charge in [0, 0.05) is 36.8 Å². The summed E-state index contributed by atoms with van der Waals surface area (Å²) in [6.07, 6.45) is 32.3. The van der Waals surface area contributed by atoms with E-state index >= 15 is 0 Å². The van der Waals surface area contributed by atoms with Gasteiger partial charge in [-0.2, -0.15) is 5.06 Å². The predicted molar refractivity (Wildman–Crippen MR) is 243 cm³/mol. The van der Waals surface area contributed by atoms with E-state index in [4.69, 9.17) is 18.5 Å². The van der Waals surface area contributed by atoms with Crippen LogP contribution in [0.1, 0.15) is 234 Å². The van der Waals surface area contributed by atoms with Crippen molar-refractivity contribution in [2.24, 2.45) is 0 Å². The predicted octanol–water partition coefficient (Wildman–Crippen LogP) is 12.4. The first-order valence-corrected chi connectivity index (χ1v) is 26.2. The van der Waals surface area contributed by atoms with Crippen LogP contribution in [-0.2, 0) is 32.7 Å². The van der Waals surface area contributed by atoms with E-state index < -0.39 is 43.6 Å². The molecular formula is C48H95N2O9P. The number of unbranched alkanes of at least 4 members (excludes halogenated alkanes) is 24. The quantitative estimate of drug-likeness (QED) is 0.0275. The van der Waals surface area contributed by atoms with E-state index in [9.17, 15) is 24.3 Å². The minimum atomic E-state index is -4.76. The van der Waals surface area contributed by atoms with Gasteiger partial charge in [0.05, 0.1) is 26.7 Å². The Hall–Kier alpha value is -1.07. The Bertz CT molecular complexity index is 1130. The van der Waals surface area contributed by atoms with Gasteiger partial charge < -0.3 is 33.1 Å². The molecule has 12 heteroatoms. The highest BCUT2D eigenvalue weighted by atomic mass is 31.2. The van der Waals surface area contributed by atoms with Crippen LogP contribution in [0.2, 0.25) is 0 Å². The molecule has 0 radical (unpaired) electrons. The van der Waals surface area contributed by atoms with Gasteiger partial charge in [-0.15, -0.1) is 0 Å². The Balaban J connectivity index is 2.53. The number of rotatable bonds is 39. The smallest absolute Gasteiger partial charge is 0.306 e. The van der Waals surface area contributed by atoms with Crippen LogP contribution in [0.5, 0.6) is 0 Å². The van der Waals surface area contributed by atoms with Gasteiger partial charge in [0.2, 0.25) is 0 Å². The van der Waals surface area contributed by atoms with E-state index in [1.165, 1.54) is 127 Å². The third-order valence-corrected chi connectivity index (χ3v) is 13.6. The Morgan fingerprint density at radius 3 is 1.40 bits per heavy atom. The molecule has 1 aliphatic rings. The van der Waals surface area contributed by atoms with Crippen molar-refractivity contribution in [1.82, 2.24) is 5.06 Å². The van der Waals surface area contributed by atoms with Crippen molar-refractivity contribution in [3.63, 3.8) is 0 Å². The maximum atomic E-state index is 12.9. The van der Waals surface area contributed by atoms with Crippen molar-refractivity contribution < 1.29 is 47.3 Å². The zero-order valence-corrected chi connectivity index (χ0v) is 41.1. The van der Waals surface area contributed by atoms with Crippen LogP contribution in [0.4, 0.5) is 0 Å². The molecule has 0 saturated carbocycles. The van der Waals surface area contributed by atoms with E-state index in [0.29, 0.717) is 17.4 Å². The van der Waals surface area contributed by atoms with E-state index in [2.05, 4.69) is 13.8 Å². The second-order valence-electron chi connectivity index (χ2n) is 19.9. The molecule has 0 bridgehead atoms. The molecule has 1 fully saturated rings. The Kier molecular flexibility index (Phi) is 30.9. The zero-order chi connectivity index (χ0) is 44.8. The van der Waals surface area contributed by atoms with Crippen molar-refractivity contribution in [1.29, 1.82) is 0 Å². The number of phosphoric ester groups is 1. The lowest BCUT2D eigenvalue weighted by Crippen LogP contribution is -2.66. The molecule has 11 nitrogen and oxygen atoms in total. The minimum absolute atomic E-state index is 0.0917. The molecule has 0 amide bonds. The number of carbonyl (C=O) groups is 2. The number of phosphoric acid groups is 1. The molecule has 60 heavy (non-hydrogen) atoms. The summed E-state index contributed by atoms with van der Waals surface area (Å²) in [5, 5.41) is 12.2. The fourth-order valence-corrected chi connectivity index (χ4v) is 9.42. The van der Waals surface area contributed by atoms with Crippen LogP contribution in [-0.4, -0.2) is 90.4 Å². The molecule has 1 N–H and O–H groups in total. The van der Waals surface area contributed by atoms with Crippen LogP contribution < -0.4 is 4.89 Å². The van der Waals surface area contributed by atoms with Crippen LogP contribution in [0.15, 0.2) is 0 Å². The lowest BCUT2D eigenvalue weighted by atomic mass is 9.77. The fourth-order valence-electron chi connectivity index (χ4n) is 8.69. The summed E-state index contributed by atoms with van der Waals surface area (Å²) < 4.78 is 35.1. The molecule has 0 aromatic heterocycles. The van der Waals surface area contributed by atoms with Gasteiger partial charge in [0.25, 0.3) is 7.82 Å². The molecule has 1 unspecified atom stereocenters. The normalized spacial score (nSPS) is 17.4. The van der Waals surface area contributed by atoms with E-state index in [-0.39, 0.29) is 32.1 Å². The standard InChI is InChI=1S/C48H95N2O9P/c1-9-11-13-15-17-19-21-23-25-27-29-31-33-35-45(51)56-41-44(59-46(52)36-34-32-30-28-26-24-22-20-18-16-14-12-10-2)42-58-60(54,55)57-38-37-50(7,8)43-39-47(3,4)49(53)48(5,6)40-43/h43-44,53H,9-42H2,1-8H3/t44-/m1/s1. The molecule has 0 aliphatic carbocycles. The lowest BCUT2D eigenvalue weighted by Gasteiger charge is -2.54. The van der Waals surface area contributed by atoms with Crippen molar-refractivity contribution in [3.8, 4) is 0 Å². The highest BCUT2D eigenvalue weighted by molar-refractivity contribution is 7.45. The molecule has 1 aliphatic heterocycles. The molecule has 1 heterocycles. The summed E-state index contributed by atoms with van der Waals surface area (Å²) in [7, 11) is -0.670. The topological polar surface area (TPSA) is 135 Å². The second kappa shape index (κ2) is 32.6. The van der Waals surface area contributed by atoms with Crippen LogP contribution in [0.25, 0.3) is 0 Å². The van der Waals surface area contributed by atoms with Crippen LogP contribution in [0.3, 0.4) is 0 Å². The number of piperidine rings is 1. The van der Waals surface area contributed by atoms with Gasteiger partial charge in [-0.25, -0.2) is 0 Å². The fraction of sp³-hybridized carbons (Fsp3) is 0.958. The molecular weight excluding hydrogens is 780 g/mol. The molecule has 0 aromatic carbocycles. The van der Waals surface area contributed by atoms with Gasteiger partial charge >= 0.3 is 11.9 Å². The monoisotopic (exact) mass is 875 g/mol. The first-order chi connectivity index (χ1) is 28.5. The van der Waals surface area contributed by atoms with Gasteiger partial charge in [0.15, 0.2) is 6.10 Å². The van der Waals surface area contributed by atoms with Crippen molar-refractivity contribution in [2.75, 3.05) is 40.5 Å².